The molecule has 3 saturated carbocycles. The molecule has 3 fully saturated rings. The SMILES string of the molecule is CC(C)CCCC(C)C1CCC2C3CC=C4CC(N)CC[C@]4(C)C3CC[C@]12C. The highest BCUT2D eigenvalue weighted by Crippen LogP contribution is 2.67. The van der Waals surface area contributed by atoms with Crippen LogP contribution in [0.2, 0.25) is 0 Å². The highest BCUT2D eigenvalue weighted by Gasteiger charge is 2.58. The maximum absolute atomic E-state index is 6.34. The van der Waals surface area contributed by atoms with Gasteiger partial charge in [0, 0.05) is 6.04 Å². The summed E-state index contributed by atoms with van der Waals surface area (Å²) in [5.41, 5.74) is 9.18. The van der Waals surface area contributed by atoms with Crippen molar-refractivity contribution >= 4 is 0 Å². The molecule has 6 unspecified atom stereocenters. The molecule has 0 heterocycles. The van der Waals surface area contributed by atoms with E-state index in [0.717, 1.165) is 35.5 Å². The lowest BCUT2D eigenvalue weighted by Crippen LogP contribution is -2.51. The minimum absolute atomic E-state index is 0.423. The Morgan fingerprint density at radius 2 is 1.79 bits per heavy atom. The quantitative estimate of drug-likeness (QED) is 0.492. The molecule has 0 bridgehead atoms. The van der Waals surface area contributed by atoms with Crippen molar-refractivity contribution in [3.63, 3.8) is 0 Å². The molecule has 1 heteroatoms. The van der Waals surface area contributed by atoms with Crippen molar-refractivity contribution in [1.82, 2.24) is 0 Å². The molecule has 4 rings (SSSR count). The number of rotatable bonds is 5. The van der Waals surface area contributed by atoms with E-state index >= 15 is 0 Å². The Hall–Kier alpha value is -0.300. The maximum atomic E-state index is 6.34. The first-order valence-corrected chi connectivity index (χ1v) is 12.7. The van der Waals surface area contributed by atoms with Crippen LogP contribution < -0.4 is 5.73 Å². The van der Waals surface area contributed by atoms with Gasteiger partial charge in [-0.25, -0.2) is 0 Å². The fraction of sp³-hybridized carbons (Fsp3) is 0.926. The van der Waals surface area contributed by atoms with Crippen LogP contribution in [0.4, 0.5) is 0 Å². The van der Waals surface area contributed by atoms with E-state index in [2.05, 4.69) is 40.7 Å². The van der Waals surface area contributed by atoms with Crippen molar-refractivity contribution < 1.29 is 0 Å². The Kier molecular flexibility index (Phi) is 5.80. The molecule has 4 aliphatic rings. The smallest absolute Gasteiger partial charge is 0.00766 e. The van der Waals surface area contributed by atoms with Gasteiger partial charge in [0.2, 0.25) is 0 Å². The van der Waals surface area contributed by atoms with E-state index in [1.165, 1.54) is 70.6 Å². The number of hydrogen-bond acceptors (Lipinski definition) is 1. The molecular weight excluding hydrogens is 338 g/mol. The van der Waals surface area contributed by atoms with Gasteiger partial charge in [-0.1, -0.05) is 65.5 Å². The Labute approximate surface area is 175 Å². The predicted octanol–water partition coefficient (Wildman–Crippen LogP) is 7.36. The van der Waals surface area contributed by atoms with Crippen LogP contribution in [0.5, 0.6) is 0 Å². The van der Waals surface area contributed by atoms with Gasteiger partial charge in [-0.15, -0.1) is 0 Å². The molecule has 8 atom stereocenters. The van der Waals surface area contributed by atoms with Gasteiger partial charge < -0.3 is 5.73 Å². The van der Waals surface area contributed by atoms with Crippen LogP contribution in [0.15, 0.2) is 11.6 Å². The van der Waals surface area contributed by atoms with E-state index in [9.17, 15) is 0 Å². The summed E-state index contributed by atoms with van der Waals surface area (Å²) in [7, 11) is 0. The van der Waals surface area contributed by atoms with Crippen LogP contribution in [-0.2, 0) is 0 Å². The lowest BCUT2D eigenvalue weighted by molar-refractivity contribution is -0.0508. The molecule has 0 spiro atoms. The van der Waals surface area contributed by atoms with E-state index in [0.29, 0.717) is 16.9 Å². The summed E-state index contributed by atoms with van der Waals surface area (Å²) in [5, 5.41) is 0. The minimum Gasteiger partial charge on any atom is -0.327 e. The van der Waals surface area contributed by atoms with Crippen LogP contribution in [-0.4, -0.2) is 6.04 Å². The Morgan fingerprint density at radius 3 is 2.54 bits per heavy atom. The van der Waals surface area contributed by atoms with Crippen molar-refractivity contribution in [2.24, 2.45) is 52.1 Å². The van der Waals surface area contributed by atoms with Gasteiger partial charge >= 0.3 is 0 Å². The number of fused-ring (bicyclic) bond motifs is 5. The summed E-state index contributed by atoms with van der Waals surface area (Å²) in [4.78, 5) is 0. The summed E-state index contributed by atoms with van der Waals surface area (Å²) in [5.74, 6) is 5.63. The standard InChI is InChI=1S/C27H47N/c1-18(2)7-6-8-19(3)23-11-12-24-22-10-9-20-17-21(28)13-15-26(20,4)25(22)14-16-27(23,24)5/h9,18-19,21-25H,6-8,10-17,28H2,1-5H3/t19?,21?,22?,23?,24?,25?,26-,27+/m0/s1. The molecule has 160 valence electrons. The Morgan fingerprint density at radius 1 is 1.00 bits per heavy atom. The molecule has 0 aliphatic heterocycles. The zero-order chi connectivity index (χ0) is 20.1. The van der Waals surface area contributed by atoms with Gasteiger partial charge in [-0.2, -0.15) is 0 Å². The average molecular weight is 386 g/mol. The third kappa shape index (κ3) is 3.42. The van der Waals surface area contributed by atoms with Crippen LogP contribution in [0, 0.1) is 46.3 Å². The van der Waals surface area contributed by atoms with E-state index in [1.54, 1.807) is 5.57 Å². The summed E-state index contributed by atoms with van der Waals surface area (Å²) in [6.07, 6.45) is 18.1. The lowest BCUT2D eigenvalue weighted by Gasteiger charge is -2.58. The minimum atomic E-state index is 0.423. The average Bonchev–Trinajstić information content (AvgIpc) is 2.99. The van der Waals surface area contributed by atoms with Crippen molar-refractivity contribution in [3.8, 4) is 0 Å². The maximum Gasteiger partial charge on any atom is 0.00766 e. The van der Waals surface area contributed by atoms with Gasteiger partial charge in [0.05, 0.1) is 0 Å². The molecule has 0 aromatic carbocycles. The van der Waals surface area contributed by atoms with Gasteiger partial charge in [0.1, 0.15) is 0 Å². The third-order valence-electron chi connectivity index (χ3n) is 10.3. The van der Waals surface area contributed by atoms with E-state index in [4.69, 9.17) is 5.73 Å². The Bertz CT molecular complexity index is 591. The summed E-state index contributed by atoms with van der Waals surface area (Å²) >= 11 is 0. The van der Waals surface area contributed by atoms with Gasteiger partial charge in [-0.05, 0) is 97.7 Å². The predicted molar refractivity (Wildman–Crippen MR) is 121 cm³/mol. The van der Waals surface area contributed by atoms with Crippen molar-refractivity contribution in [1.29, 1.82) is 0 Å². The van der Waals surface area contributed by atoms with Crippen molar-refractivity contribution in [2.75, 3.05) is 0 Å². The summed E-state index contributed by atoms with van der Waals surface area (Å²) in [6, 6.07) is 0.423. The second-order valence-electron chi connectivity index (χ2n) is 12.3. The summed E-state index contributed by atoms with van der Waals surface area (Å²) < 4.78 is 0. The van der Waals surface area contributed by atoms with Crippen LogP contribution >= 0.6 is 0 Å². The Balaban J connectivity index is 1.49. The first-order valence-electron chi connectivity index (χ1n) is 12.7. The molecule has 2 N–H and O–H groups in total. The fourth-order valence-corrected chi connectivity index (χ4v) is 8.71. The number of hydrogen-bond donors (Lipinski definition) is 1. The zero-order valence-corrected chi connectivity index (χ0v) is 19.5. The highest BCUT2D eigenvalue weighted by atomic mass is 14.7. The van der Waals surface area contributed by atoms with Crippen molar-refractivity contribution in [2.45, 2.75) is 111 Å². The van der Waals surface area contributed by atoms with Gasteiger partial charge in [-0.3, -0.25) is 0 Å². The second-order valence-corrected chi connectivity index (χ2v) is 12.3. The number of nitrogens with two attached hydrogens (primary N) is 1. The zero-order valence-electron chi connectivity index (χ0n) is 19.5. The molecule has 0 saturated heterocycles. The molecule has 0 aromatic heterocycles. The molecule has 1 nitrogen and oxygen atoms in total. The van der Waals surface area contributed by atoms with E-state index in [1.807, 2.05) is 0 Å². The second kappa shape index (κ2) is 7.75. The lowest BCUT2D eigenvalue weighted by atomic mass is 9.47. The molecule has 0 aromatic rings. The monoisotopic (exact) mass is 385 g/mol. The molecule has 28 heavy (non-hydrogen) atoms. The molecular formula is C27H47N. The highest BCUT2D eigenvalue weighted by molar-refractivity contribution is 5.25. The van der Waals surface area contributed by atoms with E-state index < -0.39 is 0 Å². The first-order chi connectivity index (χ1) is 13.3. The van der Waals surface area contributed by atoms with Crippen molar-refractivity contribution in [3.05, 3.63) is 11.6 Å². The molecule has 4 aliphatic carbocycles. The molecule has 0 amide bonds. The van der Waals surface area contributed by atoms with Crippen LogP contribution in [0.3, 0.4) is 0 Å². The van der Waals surface area contributed by atoms with Crippen LogP contribution in [0.1, 0.15) is 105 Å². The van der Waals surface area contributed by atoms with E-state index in [-0.39, 0.29) is 0 Å². The first kappa shape index (κ1) is 21.0. The van der Waals surface area contributed by atoms with Crippen LogP contribution in [0.25, 0.3) is 0 Å². The number of allylic oxidation sites excluding steroid dienone is 1. The fourth-order valence-electron chi connectivity index (χ4n) is 8.71. The van der Waals surface area contributed by atoms with Gasteiger partial charge in [0.25, 0.3) is 0 Å². The van der Waals surface area contributed by atoms with Gasteiger partial charge in [0.15, 0.2) is 0 Å². The largest absolute Gasteiger partial charge is 0.327 e. The molecule has 0 radical (unpaired) electrons. The third-order valence-corrected chi connectivity index (χ3v) is 10.3. The normalized spacial score (nSPS) is 46.5. The topological polar surface area (TPSA) is 26.0 Å². The summed E-state index contributed by atoms with van der Waals surface area (Å²) in [6.45, 7) is 12.7.